The minimum absolute atomic E-state index is 0.236. The second-order valence-electron chi connectivity index (χ2n) is 7.00. The maximum Gasteiger partial charge on any atom is 0.211 e. The van der Waals surface area contributed by atoms with Crippen LogP contribution in [0.4, 0.5) is 5.69 Å². The molecule has 1 fully saturated rings. The summed E-state index contributed by atoms with van der Waals surface area (Å²) in [5, 5.41) is 8.87. The number of rotatable bonds is 4. The van der Waals surface area contributed by atoms with Crippen LogP contribution in [0.2, 0.25) is 0 Å². The van der Waals surface area contributed by atoms with Gasteiger partial charge in [-0.25, -0.2) is 17.7 Å². The van der Waals surface area contributed by atoms with Crippen molar-refractivity contribution in [2.45, 2.75) is 25.8 Å². The Bertz CT molecular complexity index is 1070. The summed E-state index contributed by atoms with van der Waals surface area (Å²) in [6.45, 7) is 3.11. The Morgan fingerprint density at radius 1 is 1.26 bits per heavy atom. The summed E-state index contributed by atoms with van der Waals surface area (Å²) in [5.74, 6) is 0. The molecule has 6 nitrogen and oxygen atoms in total. The number of anilines is 1. The zero-order valence-corrected chi connectivity index (χ0v) is 17.0. The molecule has 1 saturated heterocycles. The van der Waals surface area contributed by atoms with E-state index in [1.165, 1.54) is 6.26 Å². The van der Waals surface area contributed by atoms with Crippen molar-refractivity contribution in [3.63, 3.8) is 0 Å². The number of piperidine rings is 1. The average molecular weight is 403 g/mol. The quantitative estimate of drug-likeness (QED) is 0.723. The molecule has 0 radical (unpaired) electrons. The highest BCUT2D eigenvalue weighted by molar-refractivity contribution is 7.88. The van der Waals surface area contributed by atoms with Gasteiger partial charge in [-0.05, 0) is 43.4 Å². The summed E-state index contributed by atoms with van der Waals surface area (Å²) in [7, 11) is -3.11. The Morgan fingerprint density at radius 3 is 2.70 bits per heavy atom. The van der Waals surface area contributed by atoms with Gasteiger partial charge in [0, 0.05) is 59.2 Å². The third-order valence-corrected chi connectivity index (χ3v) is 7.22. The topological polar surface area (TPSA) is 75.2 Å². The molecule has 3 heterocycles. The highest BCUT2D eigenvalue weighted by Gasteiger charge is 2.25. The van der Waals surface area contributed by atoms with Gasteiger partial charge in [-0.15, -0.1) is 11.3 Å². The number of nitrogens with zero attached hydrogens (tertiary/aromatic N) is 3. The van der Waals surface area contributed by atoms with Gasteiger partial charge in [-0.3, -0.25) is 4.98 Å². The van der Waals surface area contributed by atoms with Crippen LogP contribution < -0.4 is 5.32 Å². The molecule has 1 N–H and O–H groups in total. The normalized spacial score (nSPS) is 16.7. The summed E-state index contributed by atoms with van der Waals surface area (Å²) in [6.07, 6.45) is 6.53. The lowest BCUT2D eigenvalue weighted by Gasteiger charge is -2.31. The molecule has 27 heavy (non-hydrogen) atoms. The van der Waals surface area contributed by atoms with Gasteiger partial charge in [0.15, 0.2) is 0 Å². The zero-order chi connectivity index (χ0) is 19.0. The number of aryl methyl sites for hydroxylation is 1. The predicted octanol–water partition coefficient (Wildman–Crippen LogP) is 3.50. The van der Waals surface area contributed by atoms with Crippen LogP contribution in [-0.2, 0) is 10.0 Å². The molecule has 4 rings (SSSR count). The molecule has 0 amide bonds. The first-order chi connectivity index (χ1) is 12.9. The first-order valence-electron chi connectivity index (χ1n) is 8.92. The first-order valence-corrected chi connectivity index (χ1v) is 11.6. The van der Waals surface area contributed by atoms with Crippen molar-refractivity contribution in [1.29, 1.82) is 0 Å². The lowest BCUT2D eigenvalue weighted by molar-refractivity contribution is 0.332. The maximum absolute atomic E-state index is 11.7. The van der Waals surface area contributed by atoms with Gasteiger partial charge < -0.3 is 5.32 Å². The molecule has 0 bridgehead atoms. The third kappa shape index (κ3) is 3.97. The van der Waals surface area contributed by atoms with Crippen molar-refractivity contribution in [3.8, 4) is 10.6 Å². The van der Waals surface area contributed by atoms with Crippen molar-refractivity contribution in [2.24, 2.45) is 0 Å². The summed E-state index contributed by atoms with van der Waals surface area (Å²) in [5.41, 5.74) is 3.14. The number of aromatic nitrogens is 2. The van der Waals surface area contributed by atoms with Crippen LogP contribution in [0.3, 0.4) is 0 Å². The largest absolute Gasteiger partial charge is 0.382 e. The number of sulfonamides is 1. The van der Waals surface area contributed by atoms with E-state index in [9.17, 15) is 8.42 Å². The summed E-state index contributed by atoms with van der Waals surface area (Å²) in [4.78, 5) is 8.89. The number of thiazole rings is 1. The first kappa shape index (κ1) is 18.3. The summed E-state index contributed by atoms with van der Waals surface area (Å²) < 4.78 is 25.0. The van der Waals surface area contributed by atoms with Gasteiger partial charge in [0.2, 0.25) is 10.0 Å². The molecule has 1 aliphatic rings. The standard InChI is InChI=1S/C19H22N4O2S2/c1-13-12-26-19(21-13)15-9-14-3-6-20-11-17(14)18(10-15)22-16-4-7-23(8-5-16)27(2,24)25/h3,6,9-12,16,22H,4-5,7-8H2,1-2H3. The highest BCUT2D eigenvalue weighted by atomic mass is 32.2. The van der Waals surface area contributed by atoms with E-state index in [0.717, 1.165) is 45.6 Å². The minimum Gasteiger partial charge on any atom is -0.382 e. The number of hydrogen-bond donors (Lipinski definition) is 1. The van der Waals surface area contributed by atoms with Gasteiger partial charge >= 0.3 is 0 Å². The Hall–Kier alpha value is -2.03. The monoisotopic (exact) mass is 402 g/mol. The van der Waals surface area contributed by atoms with Crippen molar-refractivity contribution in [1.82, 2.24) is 14.3 Å². The van der Waals surface area contributed by atoms with Crippen LogP contribution in [0.25, 0.3) is 21.3 Å². The molecule has 142 valence electrons. The molecule has 0 unspecified atom stereocenters. The predicted molar refractivity (Wildman–Crippen MR) is 111 cm³/mol. The lowest BCUT2D eigenvalue weighted by atomic mass is 10.0. The molecule has 0 spiro atoms. The molecular weight excluding hydrogens is 380 g/mol. The maximum atomic E-state index is 11.7. The lowest BCUT2D eigenvalue weighted by Crippen LogP contribution is -2.41. The number of hydrogen-bond acceptors (Lipinski definition) is 6. The summed E-state index contributed by atoms with van der Waals surface area (Å²) in [6, 6.07) is 6.52. The molecule has 0 saturated carbocycles. The highest BCUT2D eigenvalue weighted by Crippen LogP contribution is 2.33. The number of benzene rings is 1. The average Bonchev–Trinajstić information content (AvgIpc) is 3.08. The third-order valence-electron chi connectivity index (χ3n) is 4.90. The van der Waals surface area contributed by atoms with Crippen molar-refractivity contribution < 1.29 is 8.42 Å². The van der Waals surface area contributed by atoms with E-state index in [1.54, 1.807) is 21.8 Å². The fraction of sp³-hybridized carbons (Fsp3) is 0.368. The Balaban J connectivity index is 1.63. The molecule has 1 aromatic carbocycles. The fourth-order valence-electron chi connectivity index (χ4n) is 3.48. The van der Waals surface area contributed by atoms with Crippen LogP contribution in [0.1, 0.15) is 18.5 Å². The van der Waals surface area contributed by atoms with E-state index >= 15 is 0 Å². The second-order valence-corrected chi connectivity index (χ2v) is 9.84. The fourth-order valence-corrected chi connectivity index (χ4v) is 5.14. The number of nitrogens with one attached hydrogen (secondary N) is 1. The molecule has 8 heteroatoms. The SMILES string of the molecule is Cc1csc(-c2cc(NC3CCN(S(C)(=O)=O)CC3)c3cnccc3c2)n1. The van der Waals surface area contributed by atoms with Gasteiger partial charge in [-0.1, -0.05) is 0 Å². The van der Waals surface area contributed by atoms with E-state index in [1.807, 2.05) is 19.2 Å². The van der Waals surface area contributed by atoms with Gasteiger partial charge in [0.25, 0.3) is 0 Å². The molecule has 3 aromatic rings. The number of fused-ring (bicyclic) bond motifs is 1. The molecular formula is C19H22N4O2S2. The minimum atomic E-state index is -3.11. The van der Waals surface area contributed by atoms with Crippen molar-refractivity contribution >= 4 is 37.8 Å². The van der Waals surface area contributed by atoms with E-state index in [0.29, 0.717) is 13.1 Å². The smallest absolute Gasteiger partial charge is 0.211 e. The van der Waals surface area contributed by atoms with E-state index < -0.39 is 10.0 Å². The van der Waals surface area contributed by atoms with Crippen molar-refractivity contribution in [3.05, 3.63) is 41.7 Å². The Labute approximate surface area is 163 Å². The van der Waals surface area contributed by atoms with Gasteiger partial charge in [0.1, 0.15) is 5.01 Å². The molecule has 2 aromatic heterocycles. The Morgan fingerprint density at radius 2 is 2.04 bits per heavy atom. The zero-order valence-electron chi connectivity index (χ0n) is 15.3. The molecule has 1 aliphatic heterocycles. The van der Waals surface area contributed by atoms with Crippen LogP contribution in [0.5, 0.6) is 0 Å². The van der Waals surface area contributed by atoms with E-state index in [-0.39, 0.29) is 6.04 Å². The molecule has 0 aliphatic carbocycles. The van der Waals surface area contributed by atoms with Crippen LogP contribution in [0, 0.1) is 6.92 Å². The van der Waals surface area contributed by atoms with Crippen LogP contribution in [0.15, 0.2) is 36.0 Å². The molecule has 0 atom stereocenters. The Kier molecular flexibility index (Phi) is 4.88. The van der Waals surface area contributed by atoms with Gasteiger partial charge in [0.05, 0.1) is 6.26 Å². The summed E-state index contributed by atoms with van der Waals surface area (Å²) >= 11 is 1.64. The second kappa shape index (κ2) is 7.18. The van der Waals surface area contributed by atoms with E-state index in [2.05, 4.69) is 32.8 Å². The van der Waals surface area contributed by atoms with Crippen molar-refractivity contribution in [2.75, 3.05) is 24.7 Å². The number of pyridine rings is 1. The van der Waals surface area contributed by atoms with Crippen LogP contribution >= 0.6 is 11.3 Å². The van der Waals surface area contributed by atoms with Gasteiger partial charge in [-0.2, -0.15) is 0 Å². The van der Waals surface area contributed by atoms with E-state index in [4.69, 9.17) is 0 Å². The van der Waals surface area contributed by atoms with Crippen LogP contribution in [-0.4, -0.2) is 48.1 Å².